The number of benzene rings is 1. The van der Waals surface area contributed by atoms with Gasteiger partial charge < -0.3 is 10.1 Å². The van der Waals surface area contributed by atoms with Crippen molar-refractivity contribution in [2.75, 3.05) is 17.7 Å². The third-order valence-electron chi connectivity index (χ3n) is 2.46. The number of rotatable bonds is 4. The maximum atomic E-state index is 11.0. The molecule has 0 fully saturated rings. The molecule has 1 amide bonds. The maximum absolute atomic E-state index is 11.0. The molecule has 6 heteroatoms. The van der Waals surface area contributed by atoms with Gasteiger partial charge in [-0.3, -0.25) is 5.32 Å². The highest BCUT2D eigenvalue weighted by molar-refractivity contribution is 9.10. The van der Waals surface area contributed by atoms with E-state index >= 15 is 0 Å². The van der Waals surface area contributed by atoms with Gasteiger partial charge in [-0.25, -0.2) is 4.79 Å². The fourth-order valence-corrected chi connectivity index (χ4v) is 2.91. The first-order valence-electron chi connectivity index (χ1n) is 5.60. The molecule has 19 heavy (non-hydrogen) atoms. The molecule has 0 aliphatic heterocycles. The Bertz CT molecular complexity index is 554. The number of methoxy groups -OCH3 is 1. The van der Waals surface area contributed by atoms with Crippen LogP contribution in [0.1, 0.15) is 4.88 Å². The highest BCUT2D eigenvalue weighted by Gasteiger charge is 2.02. The molecule has 1 heterocycles. The number of carbonyl (C=O) groups excluding carboxylic acids is 1. The van der Waals surface area contributed by atoms with Gasteiger partial charge in [0.15, 0.2) is 0 Å². The van der Waals surface area contributed by atoms with Crippen LogP contribution in [0, 0.1) is 0 Å². The van der Waals surface area contributed by atoms with Gasteiger partial charge in [0, 0.05) is 20.7 Å². The van der Waals surface area contributed by atoms with E-state index in [-0.39, 0.29) is 0 Å². The van der Waals surface area contributed by atoms with Gasteiger partial charge >= 0.3 is 6.09 Å². The summed E-state index contributed by atoms with van der Waals surface area (Å²) >= 11 is 5.20. The highest BCUT2D eigenvalue weighted by atomic mass is 79.9. The van der Waals surface area contributed by atoms with Crippen LogP contribution in [0.4, 0.5) is 16.2 Å². The van der Waals surface area contributed by atoms with Crippen LogP contribution in [0.25, 0.3) is 0 Å². The van der Waals surface area contributed by atoms with E-state index < -0.39 is 6.09 Å². The number of thiophene rings is 1. The minimum absolute atomic E-state index is 0.469. The third kappa shape index (κ3) is 3.97. The second-order valence-corrected chi connectivity index (χ2v) is 5.59. The van der Waals surface area contributed by atoms with E-state index in [9.17, 15) is 4.79 Å². The van der Waals surface area contributed by atoms with E-state index in [1.165, 1.54) is 12.0 Å². The molecule has 0 aliphatic rings. The Hall–Kier alpha value is -1.53. The third-order valence-corrected chi connectivity index (χ3v) is 4.39. The normalized spacial score (nSPS) is 10.0. The van der Waals surface area contributed by atoms with Crippen molar-refractivity contribution in [2.45, 2.75) is 6.54 Å². The zero-order valence-corrected chi connectivity index (χ0v) is 12.7. The Balaban J connectivity index is 1.92. The standard InChI is InChI=1S/C13H13BrN2O2S/c1-18-13(17)16-10-4-2-9(3-5-10)15-8-12-11(14)6-7-19-12/h2-7,15H,8H2,1H3,(H,16,17). The van der Waals surface area contributed by atoms with Crippen molar-refractivity contribution < 1.29 is 9.53 Å². The summed E-state index contributed by atoms with van der Waals surface area (Å²) in [4.78, 5) is 12.3. The number of hydrogen-bond acceptors (Lipinski definition) is 4. The van der Waals surface area contributed by atoms with Gasteiger partial charge in [-0.15, -0.1) is 11.3 Å². The molecule has 0 aliphatic carbocycles. The molecule has 0 saturated carbocycles. The molecule has 1 aromatic heterocycles. The molecular formula is C13H13BrN2O2S. The number of anilines is 2. The first kappa shape index (κ1) is 13.9. The first-order chi connectivity index (χ1) is 9.19. The van der Waals surface area contributed by atoms with Crippen molar-refractivity contribution in [3.05, 3.63) is 45.1 Å². The Morgan fingerprint density at radius 3 is 2.53 bits per heavy atom. The summed E-state index contributed by atoms with van der Waals surface area (Å²) < 4.78 is 5.64. The molecule has 1 aromatic carbocycles. The molecular weight excluding hydrogens is 328 g/mol. The van der Waals surface area contributed by atoms with Crippen molar-refractivity contribution in [3.8, 4) is 0 Å². The molecule has 2 N–H and O–H groups in total. The van der Waals surface area contributed by atoms with Crippen molar-refractivity contribution in [1.82, 2.24) is 0 Å². The molecule has 4 nitrogen and oxygen atoms in total. The molecule has 0 bridgehead atoms. The number of carbonyl (C=O) groups is 1. The van der Waals surface area contributed by atoms with Gasteiger partial charge in [0.2, 0.25) is 0 Å². The molecule has 0 spiro atoms. The Labute approximate surface area is 123 Å². The summed E-state index contributed by atoms with van der Waals surface area (Å²) in [6, 6.07) is 9.50. The lowest BCUT2D eigenvalue weighted by Gasteiger charge is -2.07. The quantitative estimate of drug-likeness (QED) is 0.872. The molecule has 100 valence electrons. The Morgan fingerprint density at radius 1 is 1.26 bits per heavy atom. The van der Waals surface area contributed by atoms with Gasteiger partial charge in [-0.2, -0.15) is 0 Å². The van der Waals surface area contributed by atoms with E-state index in [4.69, 9.17) is 0 Å². The van der Waals surface area contributed by atoms with E-state index in [1.54, 1.807) is 11.3 Å². The van der Waals surface area contributed by atoms with Gasteiger partial charge in [0.05, 0.1) is 13.7 Å². The van der Waals surface area contributed by atoms with Crippen molar-refractivity contribution in [1.29, 1.82) is 0 Å². The van der Waals surface area contributed by atoms with Crippen molar-refractivity contribution in [2.24, 2.45) is 0 Å². The van der Waals surface area contributed by atoms with Crippen LogP contribution < -0.4 is 10.6 Å². The molecule has 0 saturated heterocycles. The van der Waals surface area contributed by atoms with Crippen LogP contribution >= 0.6 is 27.3 Å². The largest absolute Gasteiger partial charge is 0.453 e. The molecule has 0 unspecified atom stereocenters. The van der Waals surface area contributed by atoms with Gasteiger partial charge in [0.25, 0.3) is 0 Å². The summed E-state index contributed by atoms with van der Waals surface area (Å²) in [6.07, 6.45) is -0.469. The maximum Gasteiger partial charge on any atom is 0.411 e. The van der Waals surface area contributed by atoms with E-state index in [0.29, 0.717) is 5.69 Å². The lowest BCUT2D eigenvalue weighted by atomic mass is 10.3. The van der Waals surface area contributed by atoms with Crippen LogP contribution in [0.15, 0.2) is 40.2 Å². The lowest BCUT2D eigenvalue weighted by molar-refractivity contribution is 0.187. The van der Waals surface area contributed by atoms with Crippen LogP contribution in [0.5, 0.6) is 0 Å². The molecule has 0 radical (unpaired) electrons. The number of hydrogen-bond donors (Lipinski definition) is 2. The topological polar surface area (TPSA) is 50.4 Å². The lowest BCUT2D eigenvalue weighted by Crippen LogP contribution is -2.10. The van der Waals surface area contributed by atoms with E-state index in [1.807, 2.05) is 35.7 Å². The zero-order chi connectivity index (χ0) is 13.7. The minimum Gasteiger partial charge on any atom is -0.453 e. The van der Waals surface area contributed by atoms with Crippen LogP contribution in [0.2, 0.25) is 0 Å². The van der Waals surface area contributed by atoms with Gasteiger partial charge in [-0.1, -0.05) is 0 Å². The average molecular weight is 341 g/mol. The second-order valence-electron chi connectivity index (χ2n) is 3.74. The summed E-state index contributed by atoms with van der Waals surface area (Å²) in [7, 11) is 1.34. The van der Waals surface area contributed by atoms with E-state index in [0.717, 1.165) is 16.7 Å². The van der Waals surface area contributed by atoms with Crippen LogP contribution in [-0.4, -0.2) is 13.2 Å². The Kier molecular flexibility index (Phi) is 4.81. The van der Waals surface area contributed by atoms with E-state index in [2.05, 4.69) is 31.3 Å². The SMILES string of the molecule is COC(=O)Nc1ccc(NCc2sccc2Br)cc1. The average Bonchev–Trinajstić information content (AvgIpc) is 2.83. The summed E-state index contributed by atoms with van der Waals surface area (Å²) in [6.45, 7) is 0.766. The predicted octanol–water partition coefficient (Wildman–Crippen LogP) is 4.30. The smallest absolute Gasteiger partial charge is 0.411 e. The molecule has 2 rings (SSSR count). The number of ether oxygens (including phenoxy) is 1. The monoisotopic (exact) mass is 340 g/mol. The van der Waals surface area contributed by atoms with Crippen LogP contribution in [0.3, 0.4) is 0 Å². The fourth-order valence-electron chi connectivity index (χ4n) is 1.47. The molecule has 0 atom stereocenters. The minimum atomic E-state index is -0.469. The number of amides is 1. The predicted molar refractivity (Wildman–Crippen MR) is 81.8 cm³/mol. The van der Waals surface area contributed by atoms with Crippen molar-refractivity contribution >= 4 is 44.7 Å². The Morgan fingerprint density at radius 2 is 1.95 bits per heavy atom. The fraction of sp³-hybridized carbons (Fsp3) is 0.154. The highest BCUT2D eigenvalue weighted by Crippen LogP contribution is 2.24. The van der Waals surface area contributed by atoms with Crippen LogP contribution in [-0.2, 0) is 11.3 Å². The van der Waals surface area contributed by atoms with Gasteiger partial charge in [-0.05, 0) is 51.6 Å². The van der Waals surface area contributed by atoms with Crippen molar-refractivity contribution in [3.63, 3.8) is 0 Å². The second kappa shape index (κ2) is 6.58. The zero-order valence-electron chi connectivity index (χ0n) is 10.3. The molecule has 2 aromatic rings. The summed E-state index contributed by atoms with van der Waals surface area (Å²) in [5.41, 5.74) is 1.70. The number of nitrogens with one attached hydrogen (secondary N) is 2. The van der Waals surface area contributed by atoms with Gasteiger partial charge in [0.1, 0.15) is 0 Å². The number of halogens is 1. The first-order valence-corrected chi connectivity index (χ1v) is 7.27. The summed E-state index contributed by atoms with van der Waals surface area (Å²) in [5.74, 6) is 0. The summed E-state index contributed by atoms with van der Waals surface area (Å²) in [5, 5.41) is 7.97.